The fraction of sp³-hybridized carbons (Fsp3) is 0.500. The monoisotopic (exact) mass is 266 g/mol. The average molecular weight is 267 g/mol. The molecule has 1 aromatic carbocycles. The van der Waals surface area contributed by atoms with Gasteiger partial charge in [0.05, 0.1) is 17.2 Å². The van der Waals surface area contributed by atoms with E-state index in [4.69, 9.17) is 16.3 Å². The summed E-state index contributed by atoms with van der Waals surface area (Å²) in [6.45, 7) is 4.84. The van der Waals surface area contributed by atoms with Gasteiger partial charge in [0, 0.05) is 6.61 Å². The quantitative estimate of drug-likeness (QED) is 0.778. The van der Waals surface area contributed by atoms with Gasteiger partial charge in [-0.3, -0.25) is 0 Å². The van der Waals surface area contributed by atoms with E-state index in [2.05, 4.69) is 0 Å². The van der Waals surface area contributed by atoms with E-state index in [1.807, 2.05) is 13.8 Å². The molecule has 0 saturated carbocycles. The lowest BCUT2D eigenvalue weighted by Gasteiger charge is -2.11. The Hall–Kier alpha value is -0.740. The summed E-state index contributed by atoms with van der Waals surface area (Å²) in [6, 6.07) is 3.66. The first-order valence-electron chi connectivity index (χ1n) is 5.24. The minimum atomic E-state index is -4.41. The molecule has 0 radical (unpaired) electrons. The van der Waals surface area contributed by atoms with Crippen LogP contribution in [0.15, 0.2) is 18.2 Å². The summed E-state index contributed by atoms with van der Waals surface area (Å²) >= 11 is 5.58. The van der Waals surface area contributed by atoms with Crippen LogP contribution in [0.1, 0.15) is 25.0 Å². The molecule has 0 fully saturated rings. The first kappa shape index (κ1) is 14.3. The van der Waals surface area contributed by atoms with E-state index in [0.29, 0.717) is 18.1 Å². The normalized spacial score (nSPS) is 12.2. The van der Waals surface area contributed by atoms with Gasteiger partial charge in [0.25, 0.3) is 0 Å². The van der Waals surface area contributed by atoms with Gasteiger partial charge in [-0.2, -0.15) is 13.2 Å². The molecule has 0 bridgehead atoms. The Morgan fingerprint density at radius 2 is 1.94 bits per heavy atom. The third-order valence-corrected chi connectivity index (χ3v) is 2.37. The number of rotatable bonds is 4. The van der Waals surface area contributed by atoms with Crippen molar-refractivity contribution >= 4 is 11.6 Å². The van der Waals surface area contributed by atoms with Crippen molar-refractivity contribution in [3.8, 4) is 0 Å². The third kappa shape index (κ3) is 4.56. The fourth-order valence-corrected chi connectivity index (χ4v) is 1.60. The van der Waals surface area contributed by atoms with Gasteiger partial charge in [-0.05, 0) is 23.6 Å². The zero-order valence-electron chi connectivity index (χ0n) is 9.64. The molecule has 96 valence electrons. The summed E-state index contributed by atoms with van der Waals surface area (Å²) < 4.78 is 42.6. The van der Waals surface area contributed by atoms with E-state index in [9.17, 15) is 13.2 Å². The highest BCUT2D eigenvalue weighted by molar-refractivity contribution is 6.31. The molecule has 0 N–H and O–H groups in total. The Balaban J connectivity index is 2.69. The number of hydrogen-bond acceptors (Lipinski definition) is 1. The van der Waals surface area contributed by atoms with Crippen LogP contribution in [0.5, 0.6) is 0 Å². The minimum absolute atomic E-state index is 0.274. The average Bonchev–Trinajstić information content (AvgIpc) is 2.14. The van der Waals surface area contributed by atoms with Gasteiger partial charge in [0.15, 0.2) is 0 Å². The van der Waals surface area contributed by atoms with Gasteiger partial charge in [-0.1, -0.05) is 31.5 Å². The van der Waals surface area contributed by atoms with Crippen molar-refractivity contribution in [2.45, 2.75) is 26.6 Å². The van der Waals surface area contributed by atoms with Crippen LogP contribution in [0.4, 0.5) is 13.2 Å². The molecule has 0 spiro atoms. The molecule has 0 unspecified atom stereocenters. The molecule has 0 heterocycles. The van der Waals surface area contributed by atoms with Gasteiger partial charge in [0.2, 0.25) is 0 Å². The smallest absolute Gasteiger partial charge is 0.377 e. The van der Waals surface area contributed by atoms with Gasteiger partial charge in [0.1, 0.15) is 0 Å². The van der Waals surface area contributed by atoms with E-state index in [1.54, 1.807) is 0 Å². The van der Waals surface area contributed by atoms with Crippen LogP contribution >= 0.6 is 11.6 Å². The Labute approximate surface area is 104 Å². The Kier molecular flexibility index (Phi) is 4.83. The van der Waals surface area contributed by atoms with Gasteiger partial charge in [-0.15, -0.1) is 0 Å². The lowest BCUT2D eigenvalue weighted by atomic mass is 10.1. The summed E-state index contributed by atoms with van der Waals surface area (Å²) in [7, 11) is 0. The summed E-state index contributed by atoms with van der Waals surface area (Å²) in [5, 5.41) is -0.289. The molecular weight excluding hydrogens is 253 g/mol. The maximum atomic E-state index is 12.4. The molecule has 0 amide bonds. The van der Waals surface area contributed by atoms with Crippen molar-refractivity contribution in [1.82, 2.24) is 0 Å². The van der Waals surface area contributed by atoms with Crippen LogP contribution < -0.4 is 0 Å². The first-order valence-corrected chi connectivity index (χ1v) is 5.62. The van der Waals surface area contributed by atoms with Crippen LogP contribution in [0.2, 0.25) is 5.02 Å². The fourth-order valence-electron chi connectivity index (χ4n) is 1.29. The largest absolute Gasteiger partial charge is 0.417 e. The Morgan fingerprint density at radius 3 is 2.41 bits per heavy atom. The van der Waals surface area contributed by atoms with Gasteiger partial charge in [-0.25, -0.2) is 0 Å². The second-order valence-electron chi connectivity index (χ2n) is 4.22. The number of benzene rings is 1. The van der Waals surface area contributed by atoms with Crippen molar-refractivity contribution in [3.63, 3.8) is 0 Å². The zero-order valence-corrected chi connectivity index (χ0v) is 10.4. The highest BCUT2D eigenvalue weighted by Crippen LogP contribution is 2.34. The van der Waals surface area contributed by atoms with Gasteiger partial charge >= 0.3 is 6.18 Å². The molecule has 1 rings (SSSR count). The van der Waals surface area contributed by atoms with Crippen LogP contribution in [0, 0.1) is 5.92 Å². The minimum Gasteiger partial charge on any atom is -0.377 e. The second-order valence-corrected chi connectivity index (χ2v) is 4.63. The highest BCUT2D eigenvalue weighted by atomic mass is 35.5. The van der Waals surface area contributed by atoms with Crippen LogP contribution in [-0.4, -0.2) is 6.61 Å². The number of hydrogen-bond donors (Lipinski definition) is 0. The molecule has 5 heteroatoms. The van der Waals surface area contributed by atoms with Crippen molar-refractivity contribution in [1.29, 1.82) is 0 Å². The zero-order chi connectivity index (χ0) is 13.1. The van der Waals surface area contributed by atoms with E-state index < -0.39 is 11.7 Å². The molecule has 0 atom stereocenters. The number of alkyl halides is 3. The highest BCUT2D eigenvalue weighted by Gasteiger charge is 2.32. The predicted octanol–water partition coefficient (Wildman–Crippen LogP) is 4.53. The first-order chi connectivity index (χ1) is 7.80. The van der Waals surface area contributed by atoms with E-state index in [-0.39, 0.29) is 11.6 Å². The Morgan fingerprint density at radius 1 is 1.29 bits per heavy atom. The van der Waals surface area contributed by atoms with E-state index in [1.165, 1.54) is 12.1 Å². The SMILES string of the molecule is CC(C)COCc1ccc(C(F)(F)F)c(Cl)c1. The molecule has 0 aliphatic carbocycles. The van der Waals surface area contributed by atoms with Crippen molar-refractivity contribution in [2.75, 3.05) is 6.61 Å². The molecule has 1 aromatic rings. The molecule has 0 saturated heterocycles. The van der Waals surface area contributed by atoms with E-state index in [0.717, 1.165) is 6.07 Å². The maximum Gasteiger partial charge on any atom is 0.417 e. The molecular formula is C12H14ClF3O. The third-order valence-electron chi connectivity index (χ3n) is 2.06. The van der Waals surface area contributed by atoms with E-state index >= 15 is 0 Å². The summed E-state index contributed by atoms with van der Waals surface area (Å²) in [6.07, 6.45) is -4.41. The second kappa shape index (κ2) is 5.74. The molecule has 0 aromatic heterocycles. The molecule has 1 nitrogen and oxygen atoms in total. The summed E-state index contributed by atoms with van der Waals surface area (Å²) in [5.74, 6) is 0.389. The van der Waals surface area contributed by atoms with Crippen LogP contribution in [-0.2, 0) is 17.5 Å². The standard InChI is InChI=1S/C12H14ClF3O/c1-8(2)6-17-7-9-3-4-10(11(13)5-9)12(14,15)16/h3-5,8H,6-7H2,1-2H3. The van der Waals surface area contributed by atoms with Crippen molar-refractivity contribution in [3.05, 3.63) is 34.3 Å². The predicted molar refractivity (Wildman–Crippen MR) is 60.9 cm³/mol. The van der Waals surface area contributed by atoms with Crippen LogP contribution in [0.3, 0.4) is 0 Å². The van der Waals surface area contributed by atoms with Crippen molar-refractivity contribution < 1.29 is 17.9 Å². The maximum absolute atomic E-state index is 12.4. The lowest BCUT2D eigenvalue weighted by molar-refractivity contribution is -0.137. The topological polar surface area (TPSA) is 9.23 Å². The molecule has 0 aliphatic rings. The molecule has 0 aliphatic heterocycles. The number of ether oxygens (including phenoxy) is 1. The number of halogens is 4. The van der Waals surface area contributed by atoms with Crippen LogP contribution in [0.25, 0.3) is 0 Å². The van der Waals surface area contributed by atoms with Crippen molar-refractivity contribution in [2.24, 2.45) is 5.92 Å². The summed E-state index contributed by atoms with van der Waals surface area (Å²) in [4.78, 5) is 0. The lowest BCUT2D eigenvalue weighted by Crippen LogP contribution is -2.07. The molecule has 17 heavy (non-hydrogen) atoms. The summed E-state index contributed by atoms with van der Waals surface area (Å²) in [5.41, 5.74) is -0.171. The van der Waals surface area contributed by atoms with Gasteiger partial charge < -0.3 is 4.74 Å². The Bertz CT molecular complexity index is 375.